The third-order valence-electron chi connectivity index (χ3n) is 3.89. The predicted molar refractivity (Wildman–Crippen MR) is 89.4 cm³/mol. The molecule has 0 aliphatic heterocycles. The van der Waals surface area contributed by atoms with E-state index in [2.05, 4.69) is 0 Å². The van der Waals surface area contributed by atoms with Crippen LogP contribution in [0.1, 0.15) is 11.1 Å². The van der Waals surface area contributed by atoms with Gasteiger partial charge < -0.3 is 0 Å². The van der Waals surface area contributed by atoms with Gasteiger partial charge in [-0.2, -0.15) is 4.39 Å². The molecule has 0 saturated carbocycles. The summed E-state index contributed by atoms with van der Waals surface area (Å²) in [6.45, 7) is 0. The van der Waals surface area contributed by atoms with Crippen molar-refractivity contribution in [3.63, 3.8) is 0 Å². The molecule has 0 spiro atoms. The first kappa shape index (κ1) is 26.9. The summed E-state index contributed by atoms with van der Waals surface area (Å²) in [6.07, 6.45) is -0.227. The summed E-state index contributed by atoms with van der Waals surface area (Å²) < 4.78 is 184. The highest BCUT2D eigenvalue weighted by Gasteiger charge is 2.34. The van der Waals surface area contributed by atoms with Crippen molar-refractivity contribution >= 4 is 27.5 Å². The summed E-state index contributed by atoms with van der Waals surface area (Å²) in [7, 11) is -5.85. The highest BCUT2D eigenvalue weighted by molar-refractivity contribution is 7.95. The Morgan fingerprint density at radius 2 is 0.971 bits per heavy atom. The lowest BCUT2D eigenvalue weighted by atomic mass is 10.1. The number of rotatable bonds is 6. The van der Waals surface area contributed by atoms with E-state index in [9.17, 15) is 65.9 Å². The number of benzene rings is 2. The van der Waals surface area contributed by atoms with Crippen molar-refractivity contribution in [2.24, 2.45) is 0 Å². The maximum Gasteiger partial charge on any atom is 0.251 e. The quantitative estimate of drug-likeness (QED) is 0.220. The van der Waals surface area contributed by atoms with Crippen LogP contribution in [-0.4, -0.2) is 20.0 Å². The molecule has 16 heteroatoms. The van der Waals surface area contributed by atoms with Gasteiger partial charge in [0.05, 0.1) is 11.1 Å². The van der Waals surface area contributed by atoms with Gasteiger partial charge in [0.25, 0.3) is 5.16 Å². The third kappa shape index (κ3) is 4.67. The number of carbonyl (C=O) groups is 1. The van der Waals surface area contributed by atoms with E-state index in [1.165, 1.54) is 0 Å². The molecule has 0 heterocycles. The van der Waals surface area contributed by atoms with Gasteiger partial charge in [0, 0.05) is 0 Å². The molecule has 184 valence electrons. The van der Waals surface area contributed by atoms with Gasteiger partial charge in [-0.1, -0.05) is 0 Å². The fourth-order valence-electron chi connectivity index (χ4n) is 2.28. The summed E-state index contributed by atoms with van der Waals surface area (Å²) in [5, 5.41) is -3.16. The summed E-state index contributed by atoms with van der Waals surface area (Å²) in [4.78, 5) is 11.6. The molecular formula is C18H4F12O3S. The van der Waals surface area contributed by atoms with Crippen LogP contribution in [0.3, 0.4) is 0 Å². The predicted octanol–water partition coefficient (Wildman–Crippen LogP) is 5.34. The minimum Gasteiger partial charge on any atom is -0.294 e. The lowest BCUT2D eigenvalue weighted by Crippen LogP contribution is -2.16. The Bertz CT molecular complexity index is 1320. The van der Waals surface area contributed by atoms with E-state index in [0.717, 1.165) is 0 Å². The molecular weight excluding hydrogens is 524 g/mol. The van der Waals surface area contributed by atoms with Crippen molar-refractivity contribution < 1.29 is 65.9 Å². The summed E-state index contributed by atoms with van der Waals surface area (Å²) >= 11 is 0. The lowest BCUT2D eigenvalue weighted by molar-refractivity contribution is -0.112. The molecule has 0 bridgehead atoms. The first-order chi connectivity index (χ1) is 15.5. The molecule has 0 aliphatic rings. The van der Waals surface area contributed by atoms with E-state index in [1.54, 1.807) is 0 Å². The molecule has 0 radical (unpaired) electrons. The van der Waals surface area contributed by atoms with E-state index >= 15 is 0 Å². The fourth-order valence-corrected chi connectivity index (χ4v) is 3.25. The molecule has 2 aromatic rings. The molecule has 0 fully saturated rings. The molecule has 0 N–H and O–H groups in total. The molecule has 0 aromatic heterocycles. The van der Waals surface area contributed by atoms with E-state index in [4.69, 9.17) is 0 Å². The largest absolute Gasteiger partial charge is 0.294 e. The topological polar surface area (TPSA) is 51.2 Å². The lowest BCUT2D eigenvalue weighted by Gasteiger charge is -2.08. The van der Waals surface area contributed by atoms with Crippen LogP contribution in [-0.2, 0) is 14.6 Å². The zero-order valence-electron chi connectivity index (χ0n) is 15.5. The number of hydrogen-bond donors (Lipinski definition) is 0. The number of hydrogen-bond acceptors (Lipinski definition) is 3. The standard InChI is InChI=1S/C18H4F12O3S/c19-7-5(8(20)13(25)16(28)12(7)24)2-1-4(31)3-34(32,33)18(30)11(23)6-9(21)14(26)17(29)15(27)10(6)22/h1-2H,3H2/b2-1+,18-11+. The molecule has 34 heavy (non-hydrogen) atoms. The molecule has 0 saturated heterocycles. The molecule has 0 unspecified atom stereocenters. The van der Waals surface area contributed by atoms with Crippen LogP contribution in [0.15, 0.2) is 11.2 Å². The first-order valence-corrected chi connectivity index (χ1v) is 9.71. The van der Waals surface area contributed by atoms with Crippen LogP contribution in [0, 0.1) is 58.2 Å². The maximum absolute atomic E-state index is 14.0. The van der Waals surface area contributed by atoms with Crippen LogP contribution in [0.4, 0.5) is 52.7 Å². The molecule has 0 atom stereocenters. The van der Waals surface area contributed by atoms with Gasteiger partial charge in [0.1, 0.15) is 5.75 Å². The Balaban J connectivity index is 2.45. The van der Waals surface area contributed by atoms with Crippen molar-refractivity contribution in [3.05, 3.63) is 80.5 Å². The van der Waals surface area contributed by atoms with Gasteiger partial charge >= 0.3 is 0 Å². The van der Waals surface area contributed by atoms with Gasteiger partial charge in [-0.25, -0.2) is 56.7 Å². The fraction of sp³-hybridized carbons (Fsp3) is 0.0556. The second kappa shape index (κ2) is 9.52. The van der Waals surface area contributed by atoms with Crippen molar-refractivity contribution in [1.82, 2.24) is 0 Å². The van der Waals surface area contributed by atoms with Gasteiger partial charge in [0.15, 0.2) is 58.1 Å². The van der Waals surface area contributed by atoms with Crippen LogP contribution in [0.5, 0.6) is 0 Å². The van der Waals surface area contributed by atoms with Gasteiger partial charge in [-0.15, -0.1) is 0 Å². The normalized spacial score (nSPS) is 12.9. The Kier molecular flexibility index (Phi) is 7.54. The third-order valence-corrected chi connectivity index (χ3v) is 5.28. The van der Waals surface area contributed by atoms with Gasteiger partial charge in [-0.3, -0.25) is 4.79 Å². The van der Waals surface area contributed by atoms with Gasteiger partial charge in [0.2, 0.25) is 21.5 Å². The summed E-state index contributed by atoms with van der Waals surface area (Å²) in [5.41, 5.74) is -4.33. The van der Waals surface area contributed by atoms with Crippen molar-refractivity contribution in [3.8, 4) is 0 Å². The Morgan fingerprint density at radius 3 is 1.38 bits per heavy atom. The Morgan fingerprint density at radius 1 is 0.618 bits per heavy atom. The average molecular weight is 528 g/mol. The van der Waals surface area contributed by atoms with Crippen molar-refractivity contribution in [2.75, 3.05) is 5.75 Å². The van der Waals surface area contributed by atoms with E-state index in [-0.39, 0.29) is 12.2 Å². The Hall–Kier alpha value is -3.30. The number of allylic oxidation sites excluding steroid dienone is 1. The second-order valence-electron chi connectivity index (χ2n) is 6.07. The number of sulfone groups is 1. The SMILES string of the molecule is O=C(/C=C/c1c(F)c(F)c(F)c(F)c1F)CS(=O)(=O)/C(F)=C(/F)c1c(F)c(F)c(F)c(F)c1F. The van der Waals surface area contributed by atoms with Crippen LogP contribution < -0.4 is 0 Å². The van der Waals surface area contributed by atoms with Crippen molar-refractivity contribution in [2.45, 2.75) is 0 Å². The number of halogens is 12. The van der Waals surface area contributed by atoms with Crippen LogP contribution in [0.25, 0.3) is 11.9 Å². The molecule has 0 aliphatic carbocycles. The van der Waals surface area contributed by atoms with Crippen molar-refractivity contribution in [1.29, 1.82) is 0 Å². The highest BCUT2D eigenvalue weighted by Crippen LogP contribution is 2.33. The van der Waals surface area contributed by atoms with E-state index in [1.807, 2.05) is 0 Å². The maximum atomic E-state index is 14.0. The summed E-state index contributed by atoms with van der Waals surface area (Å²) in [5.74, 6) is -33.6. The van der Waals surface area contributed by atoms with E-state index in [0.29, 0.717) is 0 Å². The minimum absolute atomic E-state index is 0.101. The highest BCUT2D eigenvalue weighted by atomic mass is 32.2. The van der Waals surface area contributed by atoms with E-state index < -0.39 is 102 Å². The number of carbonyl (C=O) groups excluding carboxylic acids is 1. The monoisotopic (exact) mass is 528 g/mol. The zero-order valence-corrected chi connectivity index (χ0v) is 16.3. The van der Waals surface area contributed by atoms with Gasteiger partial charge in [-0.05, 0) is 12.2 Å². The number of ketones is 1. The Labute approximate surface area is 180 Å². The second-order valence-corrected chi connectivity index (χ2v) is 7.95. The first-order valence-electron chi connectivity index (χ1n) is 8.06. The zero-order chi connectivity index (χ0) is 26.3. The molecule has 0 amide bonds. The van der Waals surface area contributed by atoms with Crippen LogP contribution in [0.2, 0.25) is 0 Å². The molecule has 2 aromatic carbocycles. The molecule has 3 nitrogen and oxygen atoms in total. The van der Waals surface area contributed by atoms with Crippen LogP contribution >= 0.6 is 0 Å². The molecule has 2 rings (SSSR count). The minimum atomic E-state index is -5.85. The average Bonchev–Trinajstić information content (AvgIpc) is 2.77. The smallest absolute Gasteiger partial charge is 0.251 e. The summed E-state index contributed by atoms with van der Waals surface area (Å²) in [6, 6.07) is 0.